The van der Waals surface area contributed by atoms with Crippen LogP contribution in [-0.4, -0.2) is 22.9 Å². The van der Waals surface area contributed by atoms with E-state index in [9.17, 15) is 0 Å². The average molecular weight is 419 g/mol. The summed E-state index contributed by atoms with van der Waals surface area (Å²) in [5.74, 6) is 0. The van der Waals surface area contributed by atoms with E-state index in [1.54, 1.807) is 0 Å². The van der Waals surface area contributed by atoms with Gasteiger partial charge in [-0.3, -0.25) is 0 Å². The van der Waals surface area contributed by atoms with Gasteiger partial charge >= 0.3 is 7.12 Å². The van der Waals surface area contributed by atoms with Crippen molar-refractivity contribution >= 4 is 34.4 Å². The molecule has 4 heteroatoms. The number of nitrogens with zero attached hydrogens (tertiary/aromatic N) is 1. The van der Waals surface area contributed by atoms with Crippen molar-refractivity contribution < 1.29 is 9.31 Å². The Morgan fingerprint density at radius 3 is 2.00 bits per heavy atom. The molecule has 1 saturated heterocycles. The Balaban J connectivity index is 1.84. The van der Waals surface area contributed by atoms with Crippen LogP contribution in [0.2, 0.25) is 0 Å². The van der Waals surface area contributed by atoms with Crippen molar-refractivity contribution in [3.63, 3.8) is 0 Å². The molecule has 2 heterocycles. The summed E-state index contributed by atoms with van der Waals surface area (Å²) in [4.78, 5) is 0. The fourth-order valence-electron chi connectivity index (χ4n) is 4.82. The van der Waals surface area contributed by atoms with Gasteiger partial charge in [0.15, 0.2) is 0 Å². The molecular formula is C27H38BNO2. The quantitative estimate of drug-likeness (QED) is 0.367. The van der Waals surface area contributed by atoms with E-state index in [2.05, 4.69) is 88.6 Å². The number of unbranched alkanes of at least 4 members (excludes halogenated alkanes) is 2. The predicted molar refractivity (Wildman–Crippen MR) is 133 cm³/mol. The van der Waals surface area contributed by atoms with Gasteiger partial charge in [0, 0.05) is 27.8 Å². The largest absolute Gasteiger partial charge is 0.494 e. The van der Waals surface area contributed by atoms with Crippen molar-refractivity contribution in [3.8, 4) is 0 Å². The van der Waals surface area contributed by atoms with Crippen LogP contribution in [-0.2, 0) is 9.31 Å². The van der Waals surface area contributed by atoms with Crippen LogP contribution in [0.4, 0.5) is 0 Å². The second kappa shape index (κ2) is 8.63. The maximum Gasteiger partial charge on any atom is 0.494 e. The molecule has 0 saturated carbocycles. The SMILES string of the molecule is CCCCC(CCCC)n1c2ccccc2c2ccc(B3OC(C)(C)C(C)(C)O3)cc21. The zero-order valence-electron chi connectivity index (χ0n) is 20.2. The fraction of sp³-hybridized carbons (Fsp3) is 0.556. The van der Waals surface area contributed by atoms with E-state index in [1.165, 1.54) is 60.3 Å². The van der Waals surface area contributed by atoms with E-state index in [-0.39, 0.29) is 18.3 Å². The van der Waals surface area contributed by atoms with Crippen molar-refractivity contribution in [2.24, 2.45) is 0 Å². The highest BCUT2D eigenvalue weighted by Crippen LogP contribution is 2.38. The highest BCUT2D eigenvalue weighted by Gasteiger charge is 2.51. The molecule has 0 unspecified atom stereocenters. The topological polar surface area (TPSA) is 23.4 Å². The van der Waals surface area contributed by atoms with E-state index in [0.29, 0.717) is 6.04 Å². The first kappa shape index (κ1) is 22.4. The monoisotopic (exact) mass is 419 g/mol. The van der Waals surface area contributed by atoms with E-state index in [4.69, 9.17) is 9.31 Å². The minimum atomic E-state index is -0.329. The molecule has 0 radical (unpaired) electrons. The van der Waals surface area contributed by atoms with E-state index in [0.717, 1.165) is 5.46 Å². The molecule has 3 aromatic rings. The van der Waals surface area contributed by atoms with Crippen LogP contribution in [0.5, 0.6) is 0 Å². The van der Waals surface area contributed by atoms with Crippen molar-refractivity contribution in [1.82, 2.24) is 4.57 Å². The zero-order chi connectivity index (χ0) is 22.2. The van der Waals surface area contributed by atoms with Gasteiger partial charge in [-0.1, -0.05) is 69.9 Å². The van der Waals surface area contributed by atoms with Gasteiger partial charge in [0.05, 0.1) is 11.2 Å². The molecule has 1 aromatic heterocycles. The van der Waals surface area contributed by atoms with Crippen LogP contribution in [0.15, 0.2) is 42.5 Å². The maximum atomic E-state index is 6.37. The predicted octanol–water partition coefficient (Wildman–Crippen LogP) is 7.02. The summed E-state index contributed by atoms with van der Waals surface area (Å²) < 4.78 is 15.4. The second-order valence-electron chi connectivity index (χ2n) is 10.2. The lowest BCUT2D eigenvalue weighted by atomic mass is 9.78. The van der Waals surface area contributed by atoms with Crippen LogP contribution in [0.25, 0.3) is 21.8 Å². The molecule has 4 rings (SSSR count). The van der Waals surface area contributed by atoms with E-state index in [1.807, 2.05) is 0 Å². The lowest BCUT2D eigenvalue weighted by Gasteiger charge is -2.32. The number of rotatable bonds is 8. The van der Waals surface area contributed by atoms with Gasteiger partial charge in [0.2, 0.25) is 0 Å². The summed E-state index contributed by atoms with van der Waals surface area (Å²) >= 11 is 0. The van der Waals surface area contributed by atoms with Crippen LogP contribution in [0.1, 0.15) is 86.1 Å². The van der Waals surface area contributed by atoms with Crippen LogP contribution >= 0.6 is 0 Å². The molecule has 0 bridgehead atoms. The molecule has 3 nitrogen and oxygen atoms in total. The Bertz CT molecular complexity index is 1030. The van der Waals surface area contributed by atoms with Gasteiger partial charge < -0.3 is 13.9 Å². The van der Waals surface area contributed by atoms with Crippen molar-refractivity contribution in [3.05, 3.63) is 42.5 Å². The molecule has 2 aromatic carbocycles. The number of fused-ring (bicyclic) bond motifs is 3. The third kappa shape index (κ3) is 4.05. The Hall–Kier alpha value is -1.78. The van der Waals surface area contributed by atoms with Gasteiger partial charge in [-0.05, 0) is 58.1 Å². The molecule has 166 valence electrons. The van der Waals surface area contributed by atoms with Gasteiger partial charge in [-0.15, -0.1) is 0 Å². The average Bonchev–Trinajstić information content (AvgIpc) is 3.18. The summed E-state index contributed by atoms with van der Waals surface area (Å²) in [6.07, 6.45) is 7.45. The molecule has 0 amide bonds. The number of hydrogen-bond acceptors (Lipinski definition) is 2. The van der Waals surface area contributed by atoms with E-state index >= 15 is 0 Å². The van der Waals surface area contributed by atoms with Crippen LogP contribution in [0.3, 0.4) is 0 Å². The summed E-state index contributed by atoms with van der Waals surface area (Å²) in [6.45, 7) is 13.1. The van der Waals surface area contributed by atoms with Crippen molar-refractivity contribution in [2.45, 2.75) is 97.3 Å². The highest BCUT2D eigenvalue weighted by atomic mass is 16.7. The minimum Gasteiger partial charge on any atom is -0.399 e. The Morgan fingerprint density at radius 2 is 1.39 bits per heavy atom. The lowest BCUT2D eigenvalue weighted by Crippen LogP contribution is -2.41. The number of hydrogen-bond donors (Lipinski definition) is 0. The van der Waals surface area contributed by atoms with Gasteiger partial charge in [-0.2, -0.15) is 0 Å². The molecule has 1 fully saturated rings. The minimum absolute atomic E-state index is 0.328. The zero-order valence-corrected chi connectivity index (χ0v) is 20.2. The molecule has 1 aliphatic rings. The van der Waals surface area contributed by atoms with Crippen molar-refractivity contribution in [1.29, 1.82) is 0 Å². The standard InChI is InChI=1S/C27H38BNO2/c1-7-9-13-21(14-10-8-2)29-24-16-12-11-15-22(24)23-18-17-20(19-25(23)29)28-30-26(3,4)27(5,6)31-28/h11-12,15-19,21H,7-10,13-14H2,1-6H3. The molecule has 0 N–H and O–H groups in total. The maximum absolute atomic E-state index is 6.37. The first-order valence-corrected chi connectivity index (χ1v) is 12.2. The number of para-hydroxylation sites is 1. The Kier molecular flexibility index (Phi) is 6.24. The lowest BCUT2D eigenvalue weighted by molar-refractivity contribution is 0.00578. The Morgan fingerprint density at radius 1 is 0.806 bits per heavy atom. The summed E-state index contributed by atoms with van der Waals surface area (Å²) in [5.41, 5.74) is 3.11. The second-order valence-corrected chi connectivity index (χ2v) is 10.2. The first-order chi connectivity index (χ1) is 14.8. The highest BCUT2D eigenvalue weighted by molar-refractivity contribution is 6.62. The Labute approximate surface area is 188 Å². The molecule has 1 aliphatic heterocycles. The van der Waals surface area contributed by atoms with Crippen LogP contribution in [0, 0.1) is 0 Å². The fourth-order valence-corrected chi connectivity index (χ4v) is 4.82. The summed E-state index contributed by atoms with van der Waals surface area (Å²) in [7, 11) is -0.328. The number of aromatic nitrogens is 1. The first-order valence-electron chi connectivity index (χ1n) is 12.2. The molecule has 31 heavy (non-hydrogen) atoms. The number of benzene rings is 2. The summed E-state index contributed by atoms with van der Waals surface area (Å²) in [5, 5.41) is 2.67. The van der Waals surface area contributed by atoms with E-state index < -0.39 is 0 Å². The van der Waals surface area contributed by atoms with Gasteiger partial charge in [0.1, 0.15) is 0 Å². The normalized spacial score (nSPS) is 18.0. The van der Waals surface area contributed by atoms with Crippen LogP contribution < -0.4 is 5.46 Å². The third-order valence-corrected chi connectivity index (χ3v) is 7.41. The molecule has 0 aliphatic carbocycles. The van der Waals surface area contributed by atoms with Gasteiger partial charge in [0.25, 0.3) is 0 Å². The summed E-state index contributed by atoms with van der Waals surface area (Å²) in [6, 6.07) is 16.2. The smallest absolute Gasteiger partial charge is 0.399 e. The molecule has 0 spiro atoms. The molecular weight excluding hydrogens is 381 g/mol. The third-order valence-electron chi connectivity index (χ3n) is 7.41. The van der Waals surface area contributed by atoms with Gasteiger partial charge in [-0.25, -0.2) is 0 Å². The van der Waals surface area contributed by atoms with Crippen molar-refractivity contribution in [2.75, 3.05) is 0 Å². The molecule has 0 atom stereocenters.